The summed E-state index contributed by atoms with van der Waals surface area (Å²) in [6.45, 7) is 2.68. The van der Waals surface area contributed by atoms with Crippen LogP contribution in [0.4, 0.5) is 10.5 Å². The number of ether oxygens (including phenoxy) is 1. The molecule has 3 heterocycles. The first kappa shape index (κ1) is 19.7. The van der Waals surface area contributed by atoms with Crippen LogP contribution >= 0.6 is 11.8 Å². The number of thioether (sulfide) groups is 1. The van der Waals surface area contributed by atoms with E-state index < -0.39 is 11.3 Å². The number of rotatable bonds is 4. The Morgan fingerprint density at radius 2 is 2.07 bits per heavy atom. The van der Waals surface area contributed by atoms with E-state index in [0.29, 0.717) is 23.7 Å². The third-order valence-corrected chi connectivity index (χ3v) is 6.65. The fraction of sp³-hybridized carbons (Fsp3) is 0.429. The number of carbonyl (C=O) groups is 3. The summed E-state index contributed by atoms with van der Waals surface area (Å²) in [5.41, 5.74) is 0.967. The van der Waals surface area contributed by atoms with Crippen LogP contribution in [-0.2, 0) is 9.59 Å². The molecule has 0 aromatic heterocycles. The summed E-state index contributed by atoms with van der Waals surface area (Å²) in [7, 11) is 1.50. The number of piperidine rings is 1. The molecule has 1 aromatic carbocycles. The lowest BCUT2D eigenvalue weighted by molar-refractivity contribution is -0.417. The van der Waals surface area contributed by atoms with E-state index >= 15 is 0 Å². The molecule has 0 radical (unpaired) electrons. The second-order valence-corrected chi connectivity index (χ2v) is 8.41. The van der Waals surface area contributed by atoms with Crippen molar-refractivity contribution >= 4 is 41.0 Å². The zero-order valence-corrected chi connectivity index (χ0v) is 17.4. The number of urea groups is 1. The Bertz CT molecular complexity index is 926. The van der Waals surface area contributed by atoms with Gasteiger partial charge in [-0.25, -0.2) is 4.79 Å². The van der Waals surface area contributed by atoms with Crippen molar-refractivity contribution in [1.82, 2.24) is 4.90 Å². The van der Waals surface area contributed by atoms with Crippen LogP contribution in [0.15, 0.2) is 35.7 Å². The van der Waals surface area contributed by atoms with E-state index in [1.807, 2.05) is 11.8 Å². The Balaban J connectivity index is 1.69. The summed E-state index contributed by atoms with van der Waals surface area (Å²) in [6, 6.07) is 6.57. The molecule has 3 aliphatic rings. The maximum Gasteiger partial charge on any atom is 0.506 e. The molecule has 152 valence electrons. The Morgan fingerprint density at radius 1 is 1.28 bits per heavy atom. The smallest absolute Gasteiger partial charge is 0.492 e. The molecule has 3 aliphatic heterocycles. The van der Waals surface area contributed by atoms with Gasteiger partial charge < -0.3 is 9.64 Å². The summed E-state index contributed by atoms with van der Waals surface area (Å²) in [5.74, 6) is 0.0282. The van der Waals surface area contributed by atoms with Crippen molar-refractivity contribution in [3.63, 3.8) is 0 Å². The van der Waals surface area contributed by atoms with Gasteiger partial charge in [-0.05, 0) is 49.8 Å². The van der Waals surface area contributed by atoms with Crippen LogP contribution in [0.2, 0.25) is 0 Å². The van der Waals surface area contributed by atoms with Gasteiger partial charge in [0.25, 0.3) is 5.91 Å². The van der Waals surface area contributed by atoms with Gasteiger partial charge in [0.15, 0.2) is 23.2 Å². The summed E-state index contributed by atoms with van der Waals surface area (Å²) in [6.07, 6.45) is 4.82. The second-order valence-electron chi connectivity index (χ2n) is 7.39. The third-order valence-electron chi connectivity index (χ3n) is 5.64. The van der Waals surface area contributed by atoms with Gasteiger partial charge in [0.05, 0.1) is 7.11 Å². The van der Waals surface area contributed by atoms with Crippen molar-refractivity contribution in [2.24, 2.45) is 0 Å². The minimum absolute atomic E-state index is 0.0706. The Morgan fingerprint density at radius 3 is 2.83 bits per heavy atom. The summed E-state index contributed by atoms with van der Waals surface area (Å²) in [5, 5.41) is 1.27. The first-order valence-electron chi connectivity index (χ1n) is 9.79. The molecule has 0 bridgehead atoms. The van der Waals surface area contributed by atoms with Crippen LogP contribution in [0.3, 0.4) is 0 Å². The number of anilines is 1. The fourth-order valence-corrected chi connectivity index (χ4v) is 5.04. The van der Waals surface area contributed by atoms with Gasteiger partial charge in [-0.2, -0.15) is 9.37 Å². The number of allylic oxidation sites excluding steroid dienone is 1. The number of likely N-dealkylation sites (tertiary alicyclic amines) is 1. The lowest BCUT2D eigenvalue weighted by Crippen LogP contribution is -2.57. The average Bonchev–Trinajstić information content (AvgIpc) is 3.22. The van der Waals surface area contributed by atoms with E-state index in [1.54, 1.807) is 35.7 Å². The Hall–Kier alpha value is -2.61. The first-order valence-corrected chi connectivity index (χ1v) is 10.7. The molecule has 2 atom stereocenters. The van der Waals surface area contributed by atoms with Gasteiger partial charge in [0.1, 0.15) is 5.71 Å². The molecular formula is C21H24N3O4S+. The molecule has 0 aliphatic carbocycles. The van der Waals surface area contributed by atoms with Crippen molar-refractivity contribution in [2.45, 2.75) is 37.5 Å². The molecule has 1 saturated heterocycles. The van der Waals surface area contributed by atoms with Crippen LogP contribution in [-0.4, -0.2) is 64.5 Å². The highest BCUT2D eigenvalue weighted by Crippen LogP contribution is 2.35. The SMILES string of the molecule is COc1ccccc1N1C(=O)C2SC=CC2=[N+](CC(=O)N2CCCCC2C)C1=O. The van der Waals surface area contributed by atoms with Crippen molar-refractivity contribution in [3.05, 3.63) is 35.7 Å². The van der Waals surface area contributed by atoms with E-state index in [1.165, 1.54) is 23.4 Å². The molecule has 4 amide bonds. The molecule has 0 N–H and O–H groups in total. The number of carbonyl (C=O) groups excluding carboxylic acids is 3. The number of hydrogen-bond acceptors (Lipinski definition) is 5. The molecule has 29 heavy (non-hydrogen) atoms. The largest absolute Gasteiger partial charge is 0.506 e. The highest BCUT2D eigenvalue weighted by Gasteiger charge is 2.51. The average molecular weight is 415 g/mol. The number of benzene rings is 1. The van der Waals surface area contributed by atoms with Gasteiger partial charge in [-0.3, -0.25) is 4.79 Å². The van der Waals surface area contributed by atoms with Crippen molar-refractivity contribution < 1.29 is 23.7 Å². The van der Waals surface area contributed by atoms with E-state index in [4.69, 9.17) is 4.74 Å². The van der Waals surface area contributed by atoms with E-state index in [-0.39, 0.29) is 24.4 Å². The van der Waals surface area contributed by atoms with Crippen molar-refractivity contribution in [2.75, 3.05) is 25.1 Å². The molecule has 7 nitrogen and oxygen atoms in total. The van der Waals surface area contributed by atoms with E-state index in [0.717, 1.165) is 24.2 Å². The number of hydrogen-bond donors (Lipinski definition) is 0. The molecule has 0 saturated carbocycles. The predicted octanol–water partition coefficient (Wildman–Crippen LogP) is 2.65. The zero-order valence-electron chi connectivity index (χ0n) is 16.5. The summed E-state index contributed by atoms with van der Waals surface area (Å²) < 4.78 is 6.81. The third kappa shape index (κ3) is 3.46. The van der Waals surface area contributed by atoms with Crippen LogP contribution < -0.4 is 9.64 Å². The number of para-hydroxylation sites is 2. The van der Waals surface area contributed by atoms with Gasteiger partial charge in [0, 0.05) is 12.6 Å². The fourth-order valence-electron chi connectivity index (χ4n) is 4.09. The molecule has 8 heteroatoms. The lowest BCUT2D eigenvalue weighted by atomic mass is 10.0. The Labute approximate surface area is 174 Å². The van der Waals surface area contributed by atoms with Crippen molar-refractivity contribution in [3.8, 4) is 5.75 Å². The minimum Gasteiger partial charge on any atom is -0.492 e. The van der Waals surface area contributed by atoms with Gasteiger partial charge in [0.2, 0.25) is 0 Å². The van der Waals surface area contributed by atoms with Gasteiger partial charge in [-0.1, -0.05) is 12.1 Å². The highest BCUT2D eigenvalue weighted by atomic mass is 32.2. The standard InChI is InChI=1S/C21H24N3O4S/c1-14-7-5-6-11-22(14)18(25)13-23-16-10-12-29-19(16)20(26)24(21(23)27)15-8-3-4-9-17(15)28-2/h3-4,8-10,12,14,19H,5-7,11,13H2,1-2H3/q+1. The summed E-state index contributed by atoms with van der Waals surface area (Å²) in [4.78, 5) is 42.5. The second kappa shape index (κ2) is 8.02. The molecule has 0 spiro atoms. The van der Waals surface area contributed by atoms with Crippen LogP contribution in [0.1, 0.15) is 26.2 Å². The zero-order chi connectivity index (χ0) is 20.5. The maximum absolute atomic E-state index is 13.4. The molecule has 1 aromatic rings. The molecule has 2 unspecified atom stereocenters. The normalized spacial score (nSPS) is 24.2. The Kier molecular flexibility index (Phi) is 5.45. The van der Waals surface area contributed by atoms with E-state index in [2.05, 4.69) is 0 Å². The number of imide groups is 1. The van der Waals surface area contributed by atoms with Crippen LogP contribution in [0.5, 0.6) is 5.75 Å². The number of amides is 4. The topological polar surface area (TPSA) is 69.9 Å². The highest BCUT2D eigenvalue weighted by molar-refractivity contribution is 8.04. The number of nitrogens with zero attached hydrogens (tertiary/aromatic N) is 3. The first-order chi connectivity index (χ1) is 14.0. The quantitative estimate of drug-likeness (QED) is 0.709. The van der Waals surface area contributed by atoms with Crippen molar-refractivity contribution in [1.29, 1.82) is 0 Å². The monoisotopic (exact) mass is 414 g/mol. The van der Waals surface area contributed by atoms with E-state index in [9.17, 15) is 14.4 Å². The maximum atomic E-state index is 13.4. The number of fused-ring (bicyclic) bond motifs is 1. The van der Waals surface area contributed by atoms with Crippen LogP contribution in [0, 0.1) is 0 Å². The number of methoxy groups -OCH3 is 1. The molecule has 1 fully saturated rings. The molecule has 4 rings (SSSR count). The van der Waals surface area contributed by atoms with Gasteiger partial charge in [-0.15, -0.1) is 16.7 Å². The van der Waals surface area contributed by atoms with Crippen LogP contribution in [0.25, 0.3) is 0 Å². The van der Waals surface area contributed by atoms with Gasteiger partial charge >= 0.3 is 11.9 Å². The lowest BCUT2D eigenvalue weighted by Gasteiger charge is -2.33. The molecular weight excluding hydrogens is 390 g/mol. The summed E-state index contributed by atoms with van der Waals surface area (Å²) >= 11 is 1.35. The minimum atomic E-state index is -0.538. The predicted molar refractivity (Wildman–Crippen MR) is 112 cm³/mol.